The van der Waals surface area contributed by atoms with Crippen molar-refractivity contribution in [2.24, 2.45) is 17.8 Å². The predicted molar refractivity (Wildman–Crippen MR) is 92.0 cm³/mol. The molecule has 0 radical (unpaired) electrons. The zero-order chi connectivity index (χ0) is 17.0. The van der Waals surface area contributed by atoms with Crippen molar-refractivity contribution in [2.45, 2.75) is 39.7 Å². The lowest BCUT2D eigenvalue weighted by Crippen LogP contribution is -2.27. The molecule has 23 heavy (non-hydrogen) atoms. The standard InChI is InChI=1S/C20H26O3/c1-4-5-18(19(21)15-8-6-13(2)7-9-15)17-11-10-16(20(22)23)12-14(17)3/h6-12,14,17-19,21H,4-5H2,1-3H3,(H,22,23). The highest BCUT2D eigenvalue weighted by atomic mass is 16.4. The molecule has 1 aliphatic carbocycles. The summed E-state index contributed by atoms with van der Waals surface area (Å²) in [5, 5.41) is 20.0. The molecular formula is C20H26O3. The lowest BCUT2D eigenvalue weighted by Gasteiger charge is -2.34. The van der Waals surface area contributed by atoms with Gasteiger partial charge in [-0.15, -0.1) is 0 Å². The molecule has 124 valence electrons. The third-order valence-corrected chi connectivity index (χ3v) is 4.74. The summed E-state index contributed by atoms with van der Waals surface area (Å²) in [6.07, 6.45) is 6.80. The summed E-state index contributed by atoms with van der Waals surface area (Å²) in [5.41, 5.74) is 2.45. The van der Waals surface area contributed by atoms with Gasteiger partial charge in [-0.2, -0.15) is 0 Å². The number of carboxylic acid groups (broad SMARTS) is 1. The van der Waals surface area contributed by atoms with Gasteiger partial charge in [0.1, 0.15) is 0 Å². The van der Waals surface area contributed by atoms with Crippen molar-refractivity contribution in [3.05, 3.63) is 59.2 Å². The number of aliphatic hydroxyl groups is 1. The number of aryl methyl sites for hydroxylation is 1. The Morgan fingerprint density at radius 1 is 1.26 bits per heavy atom. The number of carboxylic acids is 1. The molecule has 2 N–H and O–H groups in total. The second-order valence-corrected chi connectivity index (χ2v) is 6.53. The van der Waals surface area contributed by atoms with E-state index in [-0.39, 0.29) is 17.8 Å². The minimum absolute atomic E-state index is 0.0838. The predicted octanol–water partition coefficient (Wildman–Crippen LogP) is 4.28. The topological polar surface area (TPSA) is 57.5 Å². The van der Waals surface area contributed by atoms with Crippen molar-refractivity contribution >= 4 is 5.97 Å². The molecule has 0 saturated heterocycles. The molecule has 4 atom stereocenters. The highest BCUT2D eigenvalue weighted by Gasteiger charge is 2.32. The van der Waals surface area contributed by atoms with Crippen LogP contribution in [0, 0.1) is 24.7 Å². The van der Waals surface area contributed by atoms with E-state index in [4.69, 9.17) is 5.11 Å². The van der Waals surface area contributed by atoms with Crippen molar-refractivity contribution in [1.29, 1.82) is 0 Å². The average Bonchev–Trinajstić information content (AvgIpc) is 2.53. The monoisotopic (exact) mass is 314 g/mol. The highest BCUT2D eigenvalue weighted by molar-refractivity contribution is 5.90. The van der Waals surface area contributed by atoms with Crippen LogP contribution in [0.2, 0.25) is 0 Å². The lowest BCUT2D eigenvalue weighted by molar-refractivity contribution is -0.132. The molecule has 2 rings (SSSR count). The molecule has 1 aliphatic rings. The van der Waals surface area contributed by atoms with Crippen molar-refractivity contribution in [1.82, 2.24) is 0 Å². The van der Waals surface area contributed by atoms with E-state index in [0.29, 0.717) is 5.57 Å². The van der Waals surface area contributed by atoms with Gasteiger partial charge in [-0.05, 0) is 36.7 Å². The molecule has 0 heterocycles. The summed E-state index contributed by atoms with van der Waals surface area (Å²) in [7, 11) is 0. The van der Waals surface area contributed by atoms with Crippen molar-refractivity contribution in [3.63, 3.8) is 0 Å². The first-order chi connectivity index (χ1) is 10.9. The summed E-state index contributed by atoms with van der Waals surface area (Å²) in [6.45, 7) is 6.18. The number of hydrogen-bond donors (Lipinski definition) is 2. The number of benzene rings is 1. The average molecular weight is 314 g/mol. The number of allylic oxidation sites excluding steroid dienone is 2. The first-order valence-electron chi connectivity index (χ1n) is 8.32. The number of rotatable bonds is 6. The summed E-state index contributed by atoms with van der Waals surface area (Å²) < 4.78 is 0. The maximum atomic E-state index is 11.1. The van der Waals surface area contributed by atoms with Crippen LogP contribution in [0.1, 0.15) is 43.9 Å². The molecule has 0 amide bonds. The van der Waals surface area contributed by atoms with Gasteiger partial charge in [0.25, 0.3) is 0 Å². The second kappa shape index (κ2) is 7.60. The van der Waals surface area contributed by atoms with E-state index in [1.54, 1.807) is 12.2 Å². The van der Waals surface area contributed by atoms with Crippen LogP contribution < -0.4 is 0 Å². The van der Waals surface area contributed by atoms with Crippen molar-refractivity contribution in [3.8, 4) is 0 Å². The molecule has 0 aliphatic heterocycles. The van der Waals surface area contributed by atoms with Gasteiger partial charge in [-0.3, -0.25) is 0 Å². The van der Waals surface area contributed by atoms with Gasteiger partial charge in [-0.25, -0.2) is 4.79 Å². The van der Waals surface area contributed by atoms with Crippen LogP contribution in [-0.2, 0) is 4.79 Å². The fourth-order valence-electron chi connectivity index (χ4n) is 3.42. The zero-order valence-corrected chi connectivity index (χ0v) is 14.1. The Kier molecular flexibility index (Phi) is 5.78. The maximum absolute atomic E-state index is 11.1. The molecule has 1 aromatic rings. The zero-order valence-electron chi connectivity index (χ0n) is 14.1. The van der Waals surface area contributed by atoms with Gasteiger partial charge >= 0.3 is 5.97 Å². The highest BCUT2D eigenvalue weighted by Crippen LogP contribution is 2.39. The smallest absolute Gasteiger partial charge is 0.335 e. The fraction of sp³-hybridized carbons (Fsp3) is 0.450. The molecule has 0 bridgehead atoms. The summed E-state index contributed by atoms with van der Waals surface area (Å²) in [4.78, 5) is 11.1. The third kappa shape index (κ3) is 4.11. The Hall–Kier alpha value is -1.87. The van der Waals surface area contributed by atoms with E-state index in [1.807, 2.05) is 44.2 Å². The molecule has 3 heteroatoms. The first-order valence-corrected chi connectivity index (χ1v) is 8.32. The Morgan fingerprint density at radius 3 is 2.43 bits per heavy atom. The van der Waals surface area contributed by atoms with Crippen LogP contribution >= 0.6 is 0 Å². The van der Waals surface area contributed by atoms with Crippen LogP contribution in [0.25, 0.3) is 0 Å². The van der Waals surface area contributed by atoms with Crippen LogP contribution in [0.5, 0.6) is 0 Å². The Labute approximate surface area is 138 Å². The van der Waals surface area contributed by atoms with Gasteiger partial charge in [0.15, 0.2) is 0 Å². The first kappa shape index (κ1) is 17.5. The van der Waals surface area contributed by atoms with E-state index >= 15 is 0 Å². The fourth-order valence-corrected chi connectivity index (χ4v) is 3.42. The normalized spacial score (nSPS) is 23.2. The number of aliphatic carboxylic acids is 1. The van der Waals surface area contributed by atoms with Gasteiger partial charge in [-0.1, -0.05) is 68.3 Å². The number of hydrogen-bond acceptors (Lipinski definition) is 2. The summed E-state index contributed by atoms with van der Waals surface area (Å²) in [5.74, 6) is -0.560. The van der Waals surface area contributed by atoms with E-state index < -0.39 is 12.1 Å². The Balaban J connectivity index is 2.23. The van der Waals surface area contributed by atoms with Crippen LogP contribution in [-0.4, -0.2) is 16.2 Å². The molecule has 4 unspecified atom stereocenters. The molecule has 0 spiro atoms. The lowest BCUT2D eigenvalue weighted by atomic mass is 9.73. The number of aliphatic hydroxyl groups excluding tert-OH is 1. The van der Waals surface area contributed by atoms with Crippen molar-refractivity contribution in [2.75, 3.05) is 0 Å². The summed E-state index contributed by atoms with van der Waals surface area (Å²) in [6, 6.07) is 8.00. The molecule has 0 saturated carbocycles. The van der Waals surface area contributed by atoms with E-state index in [2.05, 4.69) is 6.92 Å². The quantitative estimate of drug-likeness (QED) is 0.824. The molecule has 3 nitrogen and oxygen atoms in total. The SMILES string of the molecule is CCCC(C(O)c1ccc(C)cc1)C1C=CC(C(=O)O)=CC1C. The molecule has 0 fully saturated rings. The van der Waals surface area contributed by atoms with Crippen LogP contribution in [0.4, 0.5) is 0 Å². The minimum Gasteiger partial charge on any atom is -0.478 e. The van der Waals surface area contributed by atoms with Crippen LogP contribution in [0.15, 0.2) is 48.1 Å². The summed E-state index contributed by atoms with van der Waals surface area (Å²) >= 11 is 0. The molecule has 0 aromatic heterocycles. The maximum Gasteiger partial charge on any atom is 0.335 e. The molecule has 1 aromatic carbocycles. The Bertz CT molecular complexity index is 598. The van der Waals surface area contributed by atoms with Gasteiger partial charge in [0.05, 0.1) is 11.7 Å². The van der Waals surface area contributed by atoms with E-state index in [9.17, 15) is 9.90 Å². The van der Waals surface area contributed by atoms with Gasteiger partial charge in [0, 0.05) is 0 Å². The van der Waals surface area contributed by atoms with Crippen molar-refractivity contribution < 1.29 is 15.0 Å². The Morgan fingerprint density at radius 2 is 1.91 bits per heavy atom. The third-order valence-electron chi connectivity index (χ3n) is 4.74. The van der Waals surface area contributed by atoms with E-state index in [1.165, 1.54) is 5.56 Å². The molecular weight excluding hydrogens is 288 g/mol. The minimum atomic E-state index is -0.891. The largest absolute Gasteiger partial charge is 0.478 e. The van der Waals surface area contributed by atoms with E-state index in [0.717, 1.165) is 18.4 Å². The number of carbonyl (C=O) groups is 1. The second-order valence-electron chi connectivity index (χ2n) is 6.53. The van der Waals surface area contributed by atoms with Gasteiger partial charge in [0.2, 0.25) is 0 Å². The van der Waals surface area contributed by atoms with Crippen LogP contribution in [0.3, 0.4) is 0 Å². The van der Waals surface area contributed by atoms with Gasteiger partial charge < -0.3 is 10.2 Å².